The lowest BCUT2D eigenvalue weighted by Crippen LogP contribution is -2.17. The van der Waals surface area contributed by atoms with E-state index in [1.54, 1.807) is 19.2 Å². The van der Waals surface area contributed by atoms with E-state index < -0.39 is 0 Å². The van der Waals surface area contributed by atoms with Gasteiger partial charge in [-0.15, -0.1) is 0 Å². The fraction of sp³-hybridized carbons (Fsp3) is 0.333. The summed E-state index contributed by atoms with van der Waals surface area (Å²) >= 11 is 0. The summed E-state index contributed by atoms with van der Waals surface area (Å²) in [6.45, 7) is 3.25. The summed E-state index contributed by atoms with van der Waals surface area (Å²) in [4.78, 5) is 16.5. The Morgan fingerprint density at radius 1 is 1.06 bits per heavy atom. The van der Waals surface area contributed by atoms with Gasteiger partial charge in [-0.1, -0.05) is 36.4 Å². The highest BCUT2D eigenvalue weighted by Gasteiger charge is 2.27. The van der Waals surface area contributed by atoms with E-state index in [0.29, 0.717) is 17.5 Å². The predicted octanol–water partition coefficient (Wildman–Crippen LogP) is 5.20. The zero-order valence-corrected chi connectivity index (χ0v) is 18.4. The molecule has 1 atom stereocenters. The molecule has 1 aliphatic heterocycles. The predicted molar refractivity (Wildman–Crippen MR) is 124 cm³/mol. The molecule has 0 radical (unpaired) electrons. The number of aryl methyl sites for hydroxylation is 1. The van der Waals surface area contributed by atoms with Gasteiger partial charge in [-0.2, -0.15) is 0 Å². The molecule has 32 heavy (non-hydrogen) atoms. The maximum Gasteiger partial charge on any atom is 0.209 e. The van der Waals surface area contributed by atoms with Crippen molar-refractivity contribution < 1.29 is 14.3 Å². The number of pyridine rings is 1. The van der Waals surface area contributed by atoms with Gasteiger partial charge in [-0.25, -0.2) is 4.39 Å². The Bertz CT molecular complexity index is 1060. The van der Waals surface area contributed by atoms with Crippen molar-refractivity contribution in [1.29, 1.82) is 0 Å². The van der Waals surface area contributed by atoms with Gasteiger partial charge in [0.1, 0.15) is 5.82 Å². The van der Waals surface area contributed by atoms with Crippen molar-refractivity contribution in [2.75, 3.05) is 13.1 Å². The summed E-state index contributed by atoms with van der Waals surface area (Å²) < 4.78 is 12.3. The number of aliphatic hydroxyl groups is 1. The third-order valence-electron chi connectivity index (χ3n) is 6.35. The normalized spacial score (nSPS) is 17.6. The van der Waals surface area contributed by atoms with Crippen molar-refractivity contribution >= 4 is 6.41 Å². The number of rotatable bonds is 5. The molecule has 5 heteroatoms. The SMILES string of the molecule is Cc1ncccc1F.O=CN1CCC(c2ccc(-c3ccccc3C3CC3)cc2CO)C1. The van der Waals surface area contributed by atoms with Crippen LogP contribution in [0.15, 0.2) is 60.8 Å². The fourth-order valence-corrected chi connectivity index (χ4v) is 4.42. The lowest BCUT2D eigenvalue weighted by molar-refractivity contribution is -0.117. The van der Waals surface area contributed by atoms with Gasteiger partial charge >= 0.3 is 0 Å². The minimum Gasteiger partial charge on any atom is -0.392 e. The molecule has 1 amide bonds. The molecule has 2 aliphatic rings. The van der Waals surface area contributed by atoms with Crippen molar-refractivity contribution in [3.63, 3.8) is 0 Å². The van der Waals surface area contributed by atoms with Gasteiger partial charge in [-0.05, 0) is 78.1 Å². The van der Waals surface area contributed by atoms with Crippen LogP contribution in [0.5, 0.6) is 0 Å². The van der Waals surface area contributed by atoms with Gasteiger partial charge < -0.3 is 10.0 Å². The third-order valence-corrected chi connectivity index (χ3v) is 6.35. The molecule has 0 bridgehead atoms. The highest BCUT2D eigenvalue weighted by atomic mass is 19.1. The number of likely N-dealkylation sites (tertiary alicyclic amines) is 1. The Kier molecular flexibility index (Phi) is 6.96. The maximum absolute atomic E-state index is 12.3. The minimum atomic E-state index is -0.243. The number of aliphatic hydroxyl groups excluding tert-OH is 1. The van der Waals surface area contributed by atoms with Crippen molar-refractivity contribution in [2.24, 2.45) is 0 Å². The lowest BCUT2D eigenvalue weighted by Gasteiger charge is -2.17. The minimum absolute atomic E-state index is 0.0480. The van der Waals surface area contributed by atoms with Crippen LogP contribution in [0.2, 0.25) is 0 Å². The average Bonchev–Trinajstić information content (AvgIpc) is 3.57. The Labute approximate surface area is 188 Å². The van der Waals surface area contributed by atoms with Crippen molar-refractivity contribution in [3.8, 4) is 11.1 Å². The summed E-state index contributed by atoms with van der Waals surface area (Å²) in [7, 11) is 0. The van der Waals surface area contributed by atoms with E-state index in [2.05, 4.69) is 47.4 Å². The molecule has 4 nitrogen and oxygen atoms in total. The quantitative estimate of drug-likeness (QED) is 0.564. The molecule has 2 heterocycles. The second kappa shape index (κ2) is 10.0. The number of amides is 1. The van der Waals surface area contributed by atoms with E-state index in [9.17, 15) is 14.3 Å². The van der Waals surface area contributed by atoms with Crippen LogP contribution in [0.1, 0.15) is 53.5 Å². The second-order valence-corrected chi connectivity index (χ2v) is 8.59. The first-order valence-electron chi connectivity index (χ1n) is 11.2. The van der Waals surface area contributed by atoms with Crippen LogP contribution in [0.3, 0.4) is 0 Å². The molecule has 166 valence electrons. The van der Waals surface area contributed by atoms with E-state index in [1.165, 1.54) is 41.2 Å². The number of nitrogens with zero attached hydrogens (tertiary/aromatic N) is 2. The smallest absolute Gasteiger partial charge is 0.209 e. The van der Waals surface area contributed by atoms with Crippen LogP contribution in [0, 0.1) is 12.7 Å². The molecule has 1 saturated carbocycles. The number of hydrogen-bond acceptors (Lipinski definition) is 3. The van der Waals surface area contributed by atoms with Gasteiger partial charge in [0.2, 0.25) is 6.41 Å². The summed E-state index contributed by atoms with van der Waals surface area (Å²) in [6, 6.07) is 18.1. The first-order valence-corrected chi connectivity index (χ1v) is 11.2. The molecule has 0 spiro atoms. The number of benzene rings is 2. The standard InChI is InChI=1S/C21H23NO2.C6H6FN/c23-13-18-11-16(21-4-2-1-3-20(21)15-5-6-15)7-8-19(18)17-9-10-22(12-17)14-24;1-5-6(7)3-2-4-8-5/h1-4,7-8,11,14-15,17,23H,5-6,9-10,12-13H2;2-4H,1H3. The first kappa shape index (κ1) is 22.2. The number of carbonyl (C=O) groups is 1. The van der Waals surface area contributed by atoms with Crippen molar-refractivity contribution in [1.82, 2.24) is 9.88 Å². The van der Waals surface area contributed by atoms with Crippen LogP contribution >= 0.6 is 0 Å². The summed E-state index contributed by atoms with van der Waals surface area (Å²) in [5.41, 5.74) is 6.55. The van der Waals surface area contributed by atoms with E-state index in [-0.39, 0.29) is 12.4 Å². The number of carbonyl (C=O) groups excluding carboxylic acids is 1. The Morgan fingerprint density at radius 3 is 2.50 bits per heavy atom. The lowest BCUT2D eigenvalue weighted by atomic mass is 9.89. The maximum atomic E-state index is 12.3. The Hall–Kier alpha value is -3.05. The average molecular weight is 433 g/mol. The number of hydrogen-bond donors (Lipinski definition) is 1. The van der Waals surface area contributed by atoms with E-state index in [4.69, 9.17) is 0 Å². The fourth-order valence-electron chi connectivity index (χ4n) is 4.42. The molecule has 1 unspecified atom stereocenters. The molecule has 1 aromatic heterocycles. The third kappa shape index (κ3) is 5.05. The van der Waals surface area contributed by atoms with Gasteiger partial charge in [0.15, 0.2) is 0 Å². The summed E-state index contributed by atoms with van der Waals surface area (Å²) in [5, 5.41) is 9.88. The van der Waals surface area contributed by atoms with Gasteiger partial charge in [0.25, 0.3) is 0 Å². The second-order valence-electron chi connectivity index (χ2n) is 8.59. The Morgan fingerprint density at radius 2 is 1.88 bits per heavy atom. The zero-order valence-electron chi connectivity index (χ0n) is 18.4. The highest BCUT2D eigenvalue weighted by Crippen LogP contribution is 2.44. The van der Waals surface area contributed by atoms with Crippen LogP contribution in [-0.4, -0.2) is 34.5 Å². The van der Waals surface area contributed by atoms with Crippen LogP contribution in [0.4, 0.5) is 4.39 Å². The zero-order chi connectivity index (χ0) is 22.5. The van der Waals surface area contributed by atoms with Crippen LogP contribution in [0.25, 0.3) is 11.1 Å². The molecule has 1 saturated heterocycles. The van der Waals surface area contributed by atoms with Gasteiger partial charge in [0.05, 0.1) is 12.3 Å². The van der Waals surface area contributed by atoms with Gasteiger partial charge in [0, 0.05) is 25.2 Å². The molecule has 1 N–H and O–H groups in total. The largest absolute Gasteiger partial charge is 0.392 e. The molecule has 5 rings (SSSR count). The van der Waals surface area contributed by atoms with E-state index >= 15 is 0 Å². The van der Waals surface area contributed by atoms with Gasteiger partial charge in [-0.3, -0.25) is 9.78 Å². The van der Waals surface area contributed by atoms with Crippen LogP contribution in [-0.2, 0) is 11.4 Å². The molecule has 2 fully saturated rings. The number of aromatic nitrogens is 1. The molecule has 3 aromatic rings. The van der Waals surface area contributed by atoms with E-state index in [0.717, 1.165) is 31.5 Å². The molecule has 2 aromatic carbocycles. The number of halogens is 1. The molecular weight excluding hydrogens is 403 g/mol. The monoisotopic (exact) mass is 432 g/mol. The summed E-state index contributed by atoms with van der Waals surface area (Å²) in [5.74, 6) is 0.798. The Balaban J connectivity index is 0.000000260. The molecule has 1 aliphatic carbocycles. The first-order chi connectivity index (χ1) is 15.6. The highest BCUT2D eigenvalue weighted by molar-refractivity contribution is 5.70. The topological polar surface area (TPSA) is 53.4 Å². The summed E-state index contributed by atoms with van der Waals surface area (Å²) in [6.07, 6.45) is 6.04. The van der Waals surface area contributed by atoms with Crippen LogP contribution < -0.4 is 0 Å². The van der Waals surface area contributed by atoms with E-state index in [1.807, 2.05) is 4.90 Å². The van der Waals surface area contributed by atoms with Crippen molar-refractivity contribution in [2.45, 2.75) is 44.6 Å². The molecular formula is C27H29FN2O2. The van der Waals surface area contributed by atoms with Crippen molar-refractivity contribution in [3.05, 3.63) is 89.0 Å².